The second-order valence-corrected chi connectivity index (χ2v) is 8.25. The van der Waals surface area contributed by atoms with Crippen molar-refractivity contribution in [3.63, 3.8) is 0 Å². The number of sulfone groups is 1. The quantitative estimate of drug-likeness (QED) is 0.641. The van der Waals surface area contributed by atoms with Crippen LogP contribution in [0.2, 0.25) is 5.02 Å². The Morgan fingerprint density at radius 2 is 1.64 bits per heavy atom. The number of benzene rings is 2. The Labute approximate surface area is 154 Å². The van der Waals surface area contributed by atoms with Crippen molar-refractivity contribution < 1.29 is 8.42 Å². The van der Waals surface area contributed by atoms with E-state index in [9.17, 15) is 8.42 Å². The van der Waals surface area contributed by atoms with Crippen molar-refractivity contribution in [3.05, 3.63) is 64.7 Å². The molecule has 0 fully saturated rings. The second kappa shape index (κ2) is 8.36. The van der Waals surface area contributed by atoms with Gasteiger partial charge in [-0.1, -0.05) is 35.9 Å². The van der Waals surface area contributed by atoms with E-state index >= 15 is 0 Å². The largest absolute Gasteiger partial charge is 0.352 e. The minimum absolute atomic E-state index is 0.320. The number of rotatable bonds is 5. The number of aliphatic imine (C=N–C) groups is 1. The third kappa shape index (κ3) is 5.76. The molecule has 5 nitrogen and oxygen atoms in total. The Balaban J connectivity index is 1.96. The van der Waals surface area contributed by atoms with Gasteiger partial charge in [0.25, 0.3) is 0 Å². The third-order valence-corrected chi connectivity index (χ3v) is 5.09. The van der Waals surface area contributed by atoms with E-state index in [1.54, 1.807) is 31.3 Å². The average molecular weight is 380 g/mol. The molecule has 1 N–H and O–H groups in total. The normalized spacial score (nSPS) is 12.1. The molecule has 0 aliphatic heterocycles. The highest BCUT2D eigenvalue weighted by Crippen LogP contribution is 2.12. The minimum Gasteiger partial charge on any atom is -0.352 e. The topological polar surface area (TPSA) is 61.8 Å². The van der Waals surface area contributed by atoms with Crippen LogP contribution in [-0.2, 0) is 22.9 Å². The van der Waals surface area contributed by atoms with Gasteiger partial charge in [-0.3, -0.25) is 4.99 Å². The molecule has 0 aromatic heterocycles. The fourth-order valence-electron chi connectivity index (χ4n) is 2.36. The summed E-state index contributed by atoms with van der Waals surface area (Å²) in [6, 6.07) is 14.5. The van der Waals surface area contributed by atoms with Crippen molar-refractivity contribution in [2.45, 2.75) is 18.0 Å². The van der Waals surface area contributed by atoms with Gasteiger partial charge in [-0.15, -0.1) is 0 Å². The van der Waals surface area contributed by atoms with E-state index in [1.165, 1.54) is 6.26 Å². The zero-order chi connectivity index (χ0) is 18.4. The number of nitrogens with one attached hydrogen (secondary N) is 1. The lowest BCUT2D eigenvalue weighted by molar-refractivity contribution is 0.476. The summed E-state index contributed by atoms with van der Waals surface area (Å²) in [6.45, 7) is 1.26. The maximum atomic E-state index is 11.5. The molecule has 0 bridgehead atoms. The van der Waals surface area contributed by atoms with E-state index in [4.69, 9.17) is 11.6 Å². The molecule has 0 saturated carbocycles. The van der Waals surface area contributed by atoms with Crippen LogP contribution in [-0.4, -0.2) is 39.6 Å². The first-order chi connectivity index (χ1) is 11.8. The van der Waals surface area contributed by atoms with Gasteiger partial charge in [0.15, 0.2) is 15.8 Å². The number of nitrogens with zero attached hydrogens (tertiary/aromatic N) is 2. The molecular weight excluding hydrogens is 358 g/mol. The van der Waals surface area contributed by atoms with Crippen molar-refractivity contribution >= 4 is 27.4 Å². The molecule has 7 heteroatoms. The van der Waals surface area contributed by atoms with E-state index in [-0.39, 0.29) is 0 Å². The predicted molar refractivity (Wildman–Crippen MR) is 103 cm³/mol. The first kappa shape index (κ1) is 19.3. The number of halogens is 1. The Morgan fingerprint density at radius 3 is 2.16 bits per heavy atom. The predicted octanol–water partition coefficient (Wildman–Crippen LogP) is 2.95. The molecule has 0 spiro atoms. The molecule has 0 unspecified atom stereocenters. The molecule has 2 aromatic carbocycles. The SMILES string of the molecule is CN=C(NCc1ccc(S(C)(=O)=O)cc1)N(C)Cc1ccc(Cl)cc1. The molecule has 0 atom stereocenters. The maximum Gasteiger partial charge on any atom is 0.193 e. The highest BCUT2D eigenvalue weighted by atomic mass is 35.5. The van der Waals surface area contributed by atoms with Gasteiger partial charge < -0.3 is 10.2 Å². The Bertz CT molecular complexity index is 832. The highest BCUT2D eigenvalue weighted by Gasteiger charge is 2.08. The van der Waals surface area contributed by atoms with Gasteiger partial charge in [0, 0.05) is 38.5 Å². The Kier molecular flexibility index (Phi) is 6.45. The van der Waals surface area contributed by atoms with Crippen LogP contribution >= 0.6 is 11.6 Å². The van der Waals surface area contributed by atoms with Gasteiger partial charge >= 0.3 is 0 Å². The van der Waals surface area contributed by atoms with Crippen LogP contribution in [0, 0.1) is 0 Å². The molecule has 0 aliphatic rings. The summed E-state index contributed by atoms with van der Waals surface area (Å²) in [7, 11) is 0.516. The van der Waals surface area contributed by atoms with E-state index in [2.05, 4.69) is 10.3 Å². The number of hydrogen-bond donors (Lipinski definition) is 1. The summed E-state index contributed by atoms with van der Waals surface area (Å²) in [6.07, 6.45) is 1.20. The molecule has 2 aromatic rings. The zero-order valence-electron chi connectivity index (χ0n) is 14.5. The maximum absolute atomic E-state index is 11.5. The molecule has 134 valence electrons. The highest BCUT2D eigenvalue weighted by molar-refractivity contribution is 7.90. The van der Waals surface area contributed by atoms with Crippen molar-refractivity contribution in [3.8, 4) is 0 Å². The molecular formula is C18H22ClN3O2S. The standard InChI is InChI=1S/C18H22ClN3O2S/c1-20-18(22(2)13-15-4-8-16(19)9-5-15)21-12-14-6-10-17(11-7-14)25(3,23)24/h4-11H,12-13H2,1-3H3,(H,20,21). The molecule has 25 heavy (non-hydrogen) atoms. The summed E-state index contributed by atoms with van der Waals surface area (Å²) < 4.78 is 23.0. The van der Waals surface area contributed by atoms with Gasteiger partial charge in [-0.05, 0) is 35.4 Å². The molecule has 0 radical (unpaired) electrons. The van der Waals surface area contributed by atoms with Gasteiger partial charge in [-0.2, -0.15) is 0 Å². The molecule has 0 aliphatic carbocycles. The zero-order valence-corrected chi connectivity index (χ0v) is 16.1. The average Bonchev–Trinajstić information content (AvgIpc) is 2.57. The van der Waals surface area contributed by atoms with Crippen molar-refractivity contribution in [2.24, 2.45) is 4.99 Å². The van der Waals surface area contributed by atoms with Crippen LogP contribution in [0.1, 0.15) is 11.1 Å². The van der Waals surface area contributed by atoms with Crippen LogP contribution in [0.25, 0.3) is 0 Å². The Morgan fingerprint density at radius 1 is 1.08 bits per heavy atom. The summed E-state index contributed by atoms with van der Waals surface area (Å²) in [4.78, 5) is 6.61. The second-order valence-electron chi connectivity index (χ2n) is 5.80. The van der Waals surface area contributed by atoms with Crippen molar-refractivity contribution in [1.82, 2.24) is 10.2 Å². The van der Waals surface area contributed by atoms with Gasteiger partial charge in [0.2, 0.25) is 0 Å². The lowest BCUT2D eigenvalue weighted by atomic mass is 10.2. The Hall–Kier alpha value is -2.05. The fourth-order valence-corrected chi connectivity index (χ4v) is 3.12. The molecule has 0 saturated heterocycles. The summed E-state index contributed by atoms with van der Waals surface area (Å²) in [5.74, 6) is 0.752. The third-order valence-electron chi connectivity index (χ3n) is 3.71. The smallest absolute Gasteiger partial charge is 0.193 e. The summed E-state index contributed by atoms with van der Waals surface area (Å²) in [5.41, 5.74) is 2.11. The van der Waals surface area contributed by atoms with Crippen molar-refractivity contribution in [2.75, 3.05) is 20.4 Å². The lowest BCUT2D eigenvalue weighted by Crippen LogP contribution is -2.38. The lowest BCUT2D eigenvalue weighted by Gasteiger charge is -2.22. The van der Waals surface area contributed by atoms with Crippen LogP contribution in [0.15, 0.2) is 58.4 Å². The van der Waals surface area contributed by atoms with Crippen LogP contribution in [0.4, 0.5) is 0 Å². The van der Waals surface area contributed by atoms with Gasteiger partial charge in [0.05, 0.1) is 4.90 Å². The van der Waals surface area contributed by atoms with Crippen molar-refractivity contribution in [1.29, 1.82) is 0 Å². The van der Waals surface area contributed by atoms with Crippen LogP contribution < -0.4 is 5.32 Å². The van der Waals surface area contributed by atoms with E-state index in [0.717, 1.165) is 17.1 Å². The van der Waals surface area contributed by atoms with Crippen LogP contribution in [0.3, 0.4) is 0 Å². The summed E-state index contributed by atoms with van der Waals surface area (Å²) in [5, 5.41) is 3.99. The van der Waals surface area contributed by atoms with E-state index in [1.807, 2.05) is 36.2 Å². The van der Waals surface area contributed by atoms with Gasteiger partial charge in [0.1, 0.15) is 0 Å². The first-order valence-electron chi connectivity index (χ1n) is 7.75. The number of hydrogen-bond acceptors (Lipinski definition) is 3. The summed E-state index contributed by atoms with van der Waals surface area (Å²) >= 11 is 5.91. The fraction of sp³-hybridized carbons (Fsp3) is 0.278. The van der Waals surface area contributed by atoms with E-state index < -0.39 is 9.84 Å². The molecule has 0 heterocycles. The number of guanidine groups is 1. The van der Waals surface area contributed by atoms with Gasteiger partial charge in [-0.25, -0.2) is 8.42 Å². The first-order valence-corrected chi connectivity index (χ1v) is 10.0. The monoisotopic (exact) mass is 379 g/mol. The molecule has 2 rings (SSSR count). The minimum atomic E-state index is -3.17. The van der Waals surface area contributed by atoms with E-state index in [0.29, 0.717) is 23.0 Å². The molecule has 0 amide bonds. The van der Waals surface area contributed by atoms with Crippen LogP contribution in [0.5, 0.6) is 0 Å².